The van der Waals surface area contributed by atoms with E-state index in [1.165, 1.54) is 17.3 Å². The van der Waals surface area contributed by atoms with Crippen molar-refractivity contribution in [3.05, 3.63) is 65.7 Å². The quantitative estimate of drug-likeness (QED) is 0.682. The first-order valence-corrected chi connectivity index (χ1v) is 12.6. The van der Waals surface area contributed by atoms with Crippen LogP contribution >= 0.6 is 11.8 Å². The molecule has 2 atom stereocenters. The summed E-state index contributed by atoms with van der Waals surface area (Å²) in [5.74, 6) is 0.673. The molecule has 2 aromatic rings. The lowest BCUT2D eigenvalue weighted by Crippen LogP contribution is -2.39. The Morgan fingerprint density at radius 1 is 1.13 bits per heavy atom. The molecule has 0 unspecified atom stereocenters. The second-order valence-corrected chi connectivity index (χ2v) is 10.9. The smallest absolute Gasteiger partial charge is 0.252 e. The molecule has 2 saturated heterocycles. The number of methoxy groups -OCH3 is 1. The lowest BCUT2D eigenvalue weighted by atomic mass is 10.1. The van der Waals surface area contributed by atoms with Crippen molar-refractivity contribution in [2.24, 2.45) is 4.99 Å². The highest BCUT2D eigenvalue weighted by atomic mass is 32.2. The number of carbonyl (C=O) groups is 1. The van der Waals surface area contributed by atoms with Crippen molar-refractivity contribution in [2.75, 3.05) is 25.2 Å². The van der Waals surface area contributed by atoms with Crippen LogP contribution < -0.4 is 4.74 Å². The number of ether oxygens (including phenoxy) is 1. The van der Waals surface area contributed by atoms with Crippen LogP contribution in [0.15, 0.2) is 59.6 Å². The number of hydrogen-bond acceptors (Lipinski definition) is 5. The summed E-state index contributed by atoms with van der Waals surface area (Å²) in [4.78, 5) is 19.1. The van der Waals surface area contributed by atoms with Gasteiger partial charge in [0.2, 0.25) is 0 Å². The van der Waals surface area contributed by atoms with E-state index in [2.05, 4.69) is 17.1 Å². The maximum Gasteiger partial charge on any atom is 0.252 e. The minimum atomic E-state index is -3.05. The summed E-state index contributed by atoms with van der Waals surface area (Å²) in [5.41, 5.74) is 1.96. The number of para-hydroxylation sites is 1. The van der Waals surface area contributed by atoms with Gasteiger partial charge < -0.3 is 9.64 Å². The Balaban J connectivity index is 1.53. The predicted octanol–water partition coefficient (Wildman–Crippen LogP) is 2.58. The van der Waals surface area contributed by atoms with E-state index in [-0.39, 0.29) is 35.1 Å². The van der Waals surface area contributed by atoms with Crippen LogP contribution in [0.4, 0.5) is 0 Å². The molecule has 0 aliphatic carbocycles. The van der Waals surface area contributed by atoms with Crippen LogP contribution in [0.1, 0.15) is 11.1 Å². The molecule has 2 aromatic carbocycles. The second kappa shape index (κ2) is 8.81. The normalized spacial score (nSPS) is 23.5. The minimum absolute atomic E-state index is 0.0661. The van der Waals surface area contributed by atoms with Gasteiger partial charge in [-0.05, 0) is 18.1 Å². The first kappa shape index (κ1) is 20.9. The van der Waals surface area contributed by atoms with Crippen LogP contribution in [0.3, 0.4) is 0 Å². The Hall–Kier alpha value is -2.32. The van der Waals surface area contributed by atoms with Gasteiger partial charge in [0, 0.05) is 17.4 Å². The fourth-order valence-electron chi connectivity index (χ4n) is 3.95. The van der Waals surface area contributed by atoms with Gasteiger partial charge in [-0.15, -0.1) is 0 Å². The van der Waals surface area contributed by atoms with Gasteiger partial charge in [-0.3, -0.25) is 4.79 Å². The summed E-state index contributed by atoms with van der Waals surface area (Å²) < 4.78 is 29.6. The van der Waals surface area contributed by atoms with E-state index in [0.717, 1.165) is 12.0 Å². The monoisotopic (exact) mass is 444 g/mol. The fraction of sp³-hybridized carbons (Fsp3) is 0.364. The Bertz CT molecular complexity index is 1050. The number of aliphatic imine (C=N–C) groups is 1. The zero-order valence-corrected chi connectivity index (χ0v) is 18.4. The number of carbonyl (C=O) groups excluding carboxylic acids is 1. The van der Waals surface area contributed by atoms with Crippen molar-refractivity contribution >= 4 is 32.7 Å². The molecular formula is C22H24N2O4S2. The first-order valence-electron chi connectivity index (χ1n) is 9.86. The molecule has 2 aliphatic heterocycles. The highest BCUT2D eigenvalue weighted by Gasteiger charge is 2.48. The van der Waals surface area contributed by atoms with Crippen LogP contribution in [0, 0.1) is 0 Å². The lowest BCUT2D eigenvalue weighted by Gasteiger charge is -2.24. The van der Waals surface area contributed by atoms with E-state index >= 15 is 0 Å². The summed E-state index contributed by atoms with van der Waals surface area (Å²) in [7, 11) is -1.47. The average Bonchev–Trinajstić information content (AvgIpc) is 3.18. The number of rotatable bonds is 6. The lowest BCUT2D eigenvalue weighted by molar-refractivity contribution is -0.117. The first-order chi connectivity index (χ1) is 14.4. The third kappa shape index (κ3) is 4.70. The molecule has 158 valence electrons. The molecule has 0 aromatic heterocycles. The zero-order valence-electron chi connectivity index (χ0n) is 16.7. The number of hydrogen-bond donors (Lipinski definition) is 0. The fourth-order valence-corrected chi connectivity index (χ4v) is 7.94. The summed E-state index contributed by atoms with van der Waals surface area (Å²) in [5, 5.41) is 0.569. The topological polar surface area (TPSA) is 76.0 Å². The van der Waals surface area contributed by atoms with Gasteiger partial charge in [-0.2, -0.15) is 4.99 Å². The molecule has 2 aliphatic rings. The van der Waals surface area contributed by atoms with Crippen molar-refractivity contribution in [3.8, 4) is 5.75 Å². The van der Waals surface area contributed by atoms with E-state index in [1.807, 2.05) is 47.4 Å². The van der Waals surface area contributed by atoms with E-state index in [1.54, 1.807) is 7.11 Å². The summed E-state index contributed by atoms with van der Waals surface area (Å²) in [6, 6.07) is 17.3. The number of amidine groups is 1. The van der Waals surface area contributed by atoms with Crippen LogP contribution in [0.2, 0.25) is 0 Å². The standard InChI is InChI=1S/C22H24N2O4S2/c1-28-19-10-6-5-9-17(19)13-21(25)23-22-24(12-11-16-7-3-2-4-8-16)18-14-30(26,27)15-20(18)29-22/h2-10,18,20H,11-15H2,1H3/t18-,20-/m0/s1. The van der Waals surface area contributed by atoms with Crippen LogP contribution in [-0.4, -0.2) is 60.8 Å². The van der Waals surface area contributed by atoms with E-state index < -0.39 is 9.84 Å². The second-order valence-electron chi connectivity index (χ2n) is 7.51. The molecule has 0 N–H and O–H groups in total. The Morgan fingerprint density at radius 2 is 1.87 bits per heavy atom. The molecule has 2 fully saturated rings. The predicted molar refractivity (Wildman–Crippen MR) is 120 cm³/mol. The Labute approximate surface area is 181 Å². The number of benzene rings is 2. The van der Waals surface area contributed by atoms with Gasteiger partial charge in [-0.25, -0.2) is 8.42 Å². The van der Waals surface area contributed by atoms with Crippen molar-refractivity contribution < 1.29 is 17.9 Å². The van der Waals surface area contributed by atoms with Crippen molar-refractivity contribution in [1.29, 1.82) is 0 Å². The van der Waals surface area contributed by atoms with Crippen LogP contribution in [0.25, 0.3) is 0 Å². The molecular weight excluding hydrogens is 420 g/mol. The maximum absolute atomic E-state index is 12.7. The average molecular weight is 445 g/mol. The third-order valence-corrected chi connectivity index (χ3v) is 8.66. The zero-order chi connectivity index (χ0) is 21.1. The molecule has 0 saturated carbocycles. The molecule has 30 heavy (non-hydrogen) atoms. The number of nitrogens with zero attached hydrogens (tertiary/aromatic N) is 2. The molecule has 8 heteroatoms. The summed E-state index contributed by atoms with van der Waals surface area (Å²) >= 11 is 1.42. The van der Waals surface area contributed by atoms with Gasteiger partial charge >= 0.3 is 0 Å². The van der Waals surface area contributed by atoms with Gasteiger partial charge in [0.1, 0.15) is 5.75 Å². The van der Waals surface area contributed by atoms with Crippen molar-refractivity contribution in [3.63, 3.8) is 0 Å². The summed E-state index contributed by atoms with van der Waals surface area (Å²) in [6.07, 6.45) is 0.915. The minimum Gasteiger partial charge on any atom is -0.496 e. The molecule has 4 rings (SSSR count). The van der Waals surface area contributed by atoms with Gasteiger partial charge in [-0.1, -0.05) is 60.3 Å². The third-order valence-electron chi connectivity index (χ3n) is 5.41. The van der Waals surface area contributed by atoms with Crippen LogP contribution in [-0.2, 0) is 27.5 Å². The van der Waals surface area contributed by atoms with E-state index in [0.29, 0.717) is 17.5 Å². The van der Waals surface area contributed by atoms with Gasteiger partial charge in [0.25, 0.3) is 5.91 Å². The highest BCUT2D eigenvalue weighted by Crippen LogP contribution is 2.38. The molecule has 0 radical (unpaired) electrons. The molecule has 0 spiro atoms. The molecule has 1 amide bonds. The van der Waals surface area contributed by atoms with Crippen molar-refractivity contribution in [2.45, 2.75) is 24.1 Å². The van der Waals surface area contributed by atoms with Gasteiger partial charge in [0.15, 0.2) is 15.0 Å². The largest absolute Gasteiger partial charge is 0.496 e. The highest BCUT2D eigenvalue weighted by molar-refractivity contribution is 8.15. The molecule has 0 bridgehead atoms. The maximum atomic E-state index is 12.7. The Kier molecular flexibility index (Phi) is 6.15. The molecule has 2 heterocycles. The summed E-state index contributed by atoms with van der Waals surface area (Å²) in [6.45, 7) is 0.633. The van der Waals surface area contributed by atoms with Gasteiger partial charge in [0.05, 0.1) is 31.1 Å². The Morgan fingerprint density at radius 3 is 2.63 bits per heavy atom. The van der Waals surface area contributed by atoms with Crippen LogP contribution in [0.5, 0.6) is 5.75 Å². The van der Waals surface area contributed by atoms with E-state index in [4.69, 9.17) is 4.74 Å². The van der Waals surface area contributed by atoms with E-state index in [9.17, 15) is 13.2 Å². The number of amides is 1. The SMILES string of the molecule is COc1ccccc1CC(=O)N=C1S[C@H]2CS(=O)(=O)C[C@@H]2N1CCc1ccccc1. The molecule has 6 nitrogen and oxygen atoms in total. The van der Waals surface area contributed by atoms with Crippen molar-refractivity contribution in [1.82, 2.24) is 4.90 Å². The number of sulfone groups is 1. The number of fused-ring (bicyclic) bond motifs is 1. The number of thioether (sulfide) groups is 1.